The molecule has 5 heteroatoms. The molecule has 1 unspecified atom stereocenters. The summed E-state index contributed by atoms with van der Waals surface area (Å²) >= 11 is 0. The van der Waals surface area contributed by atoms with Crippen LogP contribution < -0.4 is 0 Å². The highest BCUT2D eigenvalue weighted by Crippen LogP contribution is 2.19. The summed E-state index contributed by atoms with van der Waals surface area (Å²) in [5, 5.41) is 9.10. The van der Waals surface area contributed by atoms with Crippen molar-refractivity contribution in [2.45, 2.75) is 31.7 Å². The Hall–Kier alpha value is -2.17. The summed E-state index contributed by atoms with van der Waals surface area (Å²) < 4.78 is 0. The van der Waals surface area contributed by atoms with Gasteiger partial charge in [-0.25, -0.2) is 4.79 Å². The molecule has 0 spiro atoms. The van der Waals surface area contributed by atoms with E-state index in [-0.39, 0.29) is 18.7 Å². The molecule has 0 aromatic heterocycles. The maximum absolute atomic E-state index is 12.1. The zero-order chi connectivity index (χ0) is 13.8. The Labute approximate surface area is 110 Å². The molecule has 19 heavy (non-hydrogen) atoms. The van der Waals surface area contributed by atoms with Crippen molar-refractivity contribution in [3.05, 3.63) is 35.9 Å². The van der Waals surface area contributed by atoms with E-state index in [0.717, 1.165) is 10.5 Å². The first-order valence-corrected chi connectivity index (χ1v) is 6.21. The monoisotopic (exact) mass is 261 g/mol. The van der Waals surface area contributed by atoms with Gasteiger partial charge in [-0.1, -0.05) is 30.3 Å². The van der Waals surface area contributed by atoms with Crippen molar-refractivity contribution in [1.82, 2.24) is 4.90 Å². The second kappa shape index (κ2) is 5.65. The second-order valence-corrected chi connectivity index (χ2v) is 4.57. The first-order chi connectivity index (χ1) is 9.09. The molecular formula is C14H15NO4. The normalized spacial score (nSPS) is 19.3. The molecule has 0 saturated carbocycles. The van der Waals surface area contributed by atoms with E-state index >= 15 is 0 Å². The number of carbonyl (C=O) groups excluding carboxylic acids is 2. The van der Waals surface area contributed by atoms with Gasteiger partial charge in [-0.05, 0) is 18.4 Å². The minimum atomic E-state index is -1.12. The van der Waals surface area contributed by atoms with Crippen LogP contribution in [-0.2, 0) is 20.8 Å². The number of nitrogens with zero attached hydrogens (tertiary/aromatic N) is 1. The van der Waals surface area contributed by atoms with Crippen molar-refractivity contribution in [2.75, 3.05) is 0 Å². The van der Waals surface area contributed by atoms with Crippen LogP contribution in [0.5, 0.6) is 0 Å². The molecule has 0 radical (unpaired) electrons. The predicted octanol–water partition coefficient (Wildman–Crippen LogP) is 1.22. The summed E-state index contributed by atoms with van der Waals surface area (Å²) in [6.45, 7) is 0. The van der Waals surface area contributed by atoms with Crippen molar-refractivity contribution in [3.8, 4) is 0 Å². The number of carbonyl (C=O) groups is 3. The number of carboxylic acid groups (broad SMARTS) is 1. The number of imide groups is 1. The fraction of sp³-hybridized carbons (Fsp3) is 0.357. The van der Waals surface area contributed by atoms with Crippen LogP contribution in [0.3, 0.4) is 0 Å². The molecule has 0 aliphatic carbocycles. The third kappa shape index (κ3) is 2.99. The molecule has 1 aromatic carbocycles. The van der Waals surface area contributed by atoms with E-state index in [1.165, 1.54) is 0 Å². The van der Waals surface area contributed by atoms with Crippen molar-refractivity contribution in [1.29, 1.82) is 0 Å². The zero-order valence-electron chi connectivity index (χ0n) is 10.4. The molecule has 2 rings (SSSR count). The van der Waals surface area contributed by atoms with Crippen LogP contribution in [-0.4, -0.2) is 33.8 Å². The molecule has 1 heterocycles. The average molecular weight is 261 g/mol. The third-order valence-corrected chi connectivity index (χ3v) is 3.20. The van der Waals surface area contributed by atoms with Gasteiger partial charge in [-0.2, -0.15) is 0 Å². The van der Waals surface area contributed by atoms with E-state index in [1.54, 1.807) is 24.3 Å². The van der Waals surface area contributed by atoms with Crippen molar-refractivity contribution < 1.29 is 19.5 Å². The zero-order valence-corrected chi connectivity index (χ0v) is 10.4. The number of hydrogen-bond acceptors (Lipinski definition) is 3. The van der Waals surface area contributed by atoms with Gasteiger partial charge in [0, 0.05) is 6.42 Å². The summed E-state index contributed by atoms with van der Waals surface area (Å²) in [5.41, 5.74) is 0.773. The van der Waals surface area contributed by atoms with Gasteiger partial charge < -0.3 is 5.11 Å². The van der Waals surface area contributed by atoms with Crippen LogP contribution in [0, 0.1) is 0 Å². The second-order valence-electron chi connectivity index (χ2n) is 4.57. The molecule has 1 aliphatic heterocycles. The van der Waals surface area contributed by atoms with Crippen LogP contribution in [0.4, 0.5) is 0 Å². The molecule has 0 bridgehead atoms. The summed E-state index contributed by atoms with van der Waals surface area (Å²) in [7, 11) is 0. The fourth-order valence-electron chi connectivity index (χ4n) is 2.27. The molecule has 100 valence electrons. The summed E-state index contributed by atoms with van der Waals surface area (Å²) in [5.74, 6) is -1.95. The van der Waals surface area contributed by atoms with Crippen LogP contribution in [0.15, 0.2) is 30.3 Å². The Morgan fingerprint density at radius 2 is 1.95 bits per heavy atom. The van der Waals surface area contributed by atoms with Gasteiger partial charge in [0.2, 0.25) is 11.8 Å². The van der Waals surface area contributed by atoms with Gasteiger partial charge in [-0.15, -0.1) is 0 Å². The van der Waals surface area contributed by atoms with Crippen molar-refractivity contribution >= 4 is 17.8 Å². The summed E-state index contributed by atoms with van der Waals surface area (Å²) in [4.78, 5) is 36.0. The van der Waals surface area contributed by atoms with Crippen molar-refractivity contribution in [2.24, 2.45) is 0 Å². The maximum Gasteiger partial charge on any atom is 0.326 e. The molecular weight excluding hydrogens is 246 g/mol. The Morgan fingerprint density at radius 1 is 1.26 bits per heavy atom. The average Bonchev–Trinajstić information content (AvgIpc) is 2.39. The topological polar surface area (TPSA) is 74.7 Å². The quantitative estimate of drug-likeness (QED) is 0.887. The minimum Gasteiger partial charge on any atom is -0.480 e. The number of piperidine rings is 1. The molecule has 1 saturated heterocycles. The lowest BCUT2D eigenvalue weighted by Crippen LogP contribution is -2.51. The number of benzene rings is 1. The largest absolute Gasteiger partial charge is 0.480 e. The van der Waals surface area contributed by atoms with Gasteiger partial charge in [-0.3, -0.25) is 14.5 Å². The van der Waals surface area contributed by atoms with Crippen LogP contribution in [0.25, 0.3) is 0 Å². The van der Waals surface area contributed by atoms with Crippen LogP contribution >= 0.6 is 0 Å². The van der Waals surface area contributed by atoms with E-state index in [4.69, 9.17) is 5.11 Å². The standard InChI is InChI=1S/C14H15NO4/c16-12-8-4-7-11(14(18)19)15(12)13(17)9-10-5-2-1-3-6-10/h1-3,5-6,11H,4,7-9H2,(H,18,19). The summed E-state index contributed by atoms with van der Waals surface area (Å²) in [6, 6.07) is 7.98. The highest BCUT2D eigenvalue weighted by molar-refractivity contribution is 6.00. The number of carboxylic acids is 1. The lowest BCUT2D eigenvalue weighted by atomic mass is 10.00. The highest BCUT2D eigenvalue weighted by atomic mass is 16.4. The van der Waals surface area contributed by atoms with E-state index in [2.05, 4.69) is 0 Å². The Balaban J connectivity index is 2.15. The number of amides is 2. The molecule has 1 N–H and O–H groups in total. The number of hydrogen-bond donors (Lipinski definition) is 1. The smallest absolute Gasteiger partial charge is 0.326 e. The number of aliphatic carboxylic acids is 1. The van der Waals surface area contributed by atoms with E-state index < -0.39 is 17.9 Å². The molecule has 1 aliphatic rings. The van der Waals surface area contributed by atoms with Crippen LogP contribution in [0.1, 0.15) is 24.8 Å². The summed E-state index contributed by atoms with van der Waals surface area (Å²) in [6.07, 6.45) is 1.15. The van der Waals surface area contributed by atoms with Gasteiger partial charge >= 0.3 is 5.97 Å². The van der Waals surface area contributed by atoms with Gasteiger partial charge in [0.15, 0.2) is 0 Å². The minimum absolute atomic E-state index is 0.0519. The Bertz CT molecular complexity index is 497. The lowest BCUT2D eigenvalue weighted by Gasteiger charge is -2.31. The number of likely N-dealkylation sites (tertiary alicyclic amines) is 1. The van der Waals surface area contributed by atoms with Crippen LogP contribution in [0.2, 0.25) is 0 Å². The Kier molecular flexibility index (Phi) is 3.94. The fourth-order valence-corrected chi connectivity index (χ4v) is 2.27. The van der Waals surface area contributed by atoms with E-state index in [1.807, 2.05) is 6.07 Å². The van der Waals surface area contributed by atoms with E-state index in [9.17, 15) is 14.4 Å². The van der Waals surface area contributed by atoms with Gasteiger partial charge in [0.25, 0.3) is 0 Å². The SMILES string of the molecule is O=C(O)C1CCCC(=O)N1C(=O)Cc1ccccc1. The predicted molar refractivity (Wildman–Crippen MR) is 67.3 cm³/mol. The van der Waals surface area contributed by atoms with Gasteiger partial charge in [0.1, 0.15) is 6.04 Å². The van der Waals surface area contributed by atoms with Gasteiger partial charge in [0.05, 0.1) is 6.42 Å². The lowest BCUT2D eigenvalue weighted by molar-refractivity contribution is -0.160. The highest BCUT2D eigenvalue weighted by Gasteiger charge is 2.37. The molecule has 2 amide bonds. The van der Waals surface area contributed by atoms with E-state index in [0.29, 0.717) is 12.8 Å². The Morgan fingerprint density at radius 3 is 2.58 bits per heavy atom. The first-order valence-electron chi connectivity index (χ1n) is 6.21. The molecule has 1 aromatic rings. The third-order valence-electron chi connectivity index (χ3n) is 3.20. The van der Waals surface area contributed by atoms with Crippen molar-refractivity contribution in [3.63, 3.8) is 0 Å². The maximum atomic E-state index is 12.1. The molecule has 5 nitrogen and oxygen atoms in total. The molecule has 1 fully saturated rings. The number of rotatable bonds is 3. The first kappa shape index (κ1) is 13.3. The molecule has 1 atom stereocenters.